The van der Waals surface area contributed by atoms with Crippen molar-refractivity contribution < 1.29 is 14.3 Å². The van der Waals surface area contributed by atoms with E-state index in [9.17, 15) is 4.79 Å². The van der Waals surface area contributed by atoms with Crippen molar-refractivity contribution in [2.24, 2.45) is 0 Å². The van der Waals surface area contributed by atoms with Crippen molar-refractivity contribution in [1.29, 1.82) is 0 Å². The van der Waals surface area contributed by atoms with E-state index in [1.54, 1.807) is 17.1 Å². The fourth-order valence-corrected chi connectivity index (χ4v) is 5.03. The largest absolute Gasteiger partial charge is 0.494 e. The van der Waals surface area contributed by atoms with Crippen LogP contribution < -0.4 is 4.74 Å². The van der Waals surface area contributed by atoms with Crippen LogP contribution in [-0.2, 0) is 11.2 Å². The molecule has 1 aliphatic heterocycles. The minimum atomic E-state index is -0.431. The van der Waals surface area contributed by atoms with Crippen LogP contribution in [0.4, 0.5) is 4.79 Å². The summed E-state index contributed by atoms with van der Waals surface area (Å²) in [6.07, 6.45) is 6.18. The van der Waals surface area contributed by atoms with Crippen molar-refractivity contribution in [3.05, 3.63) is 99.7 Å². The average molecular weight is 560 g/mol. The predicted molar refractivity (Wildman–Crippen MR) is 152 cm³/mol. The van der Waals surface area contributed by atoms with Crippen molar-refractivity contribution in [1.82, 2.24) is 9.88 Å². The van der Waals surface area contributed by atoms with Gasteiger partial charge in [0.05, 0.1) is 6.61 Å². The number of allylic oxidation sites excluding steroid dienone is 3. The number of benzene rings is 2. The number of alkyl halides is 1. The third-order valence-electron chi connectivity index (χ3n) is 6.28. The number of H-pyrrole nitrogens is 1. The lowest BCUT2D eigenvalue weighted by atomic mass is 9.92. The molecule has 3 aromatic rings. The van der Waals surface area contributed by atoms with Crippen LogP contribution in [0, 0.1) is 0 Å². The number of halogens is 3. The van der Waals surface area contributed by atoms with Gasteiger partial charge in [0.15, 0.2) is 0 Å². The summed E-state index contributed by atoms with van der Waals surface area (Å²) in [5, 5.41) is 2.23. The van der Waals surface area contributed by atoms with Crippen LogP contribution in [-0.4, -0.2) is 41.6 Å². The van der Waals surface area contributed by atoms with E-state index in [0.29, 0.717) is 41.1 Å². The van der Waals surface area contributed by atoms with Crippen LogP contribution in [0.3, 0.4) is 0 Å². The van der Waals surface area contributed by atoms with Crippen LogP contribution >= 0.6 is 34.8 Å². The molecular formula is C29H29Cl3N2O3. The number of hydrogen-bond acceptors (Lipinski definition) is 3. The number of rotatable bonds is 9. The second-order valence-electron chi connectivity index (χ2n) is 8.64. The summed E-state index contributed by atoms with van der Waals surface area (Å²) in [6, 6.07) is 13.2. The molecule has 37 heavy (non-hydrogen) atoms. The van der Waals surface area contributed by atoms with Crippen molar-refractivity contribution in [3.63, 3.8) is 0 Å². The fraction of sp³-hybridized carbons (Fsp3) is 0.276. The zero-order valence-electron chi connectivity index (χ0n) is 20.6. The van der Waals surface area contributed by atoms with Gasteiger partial charge in [-0.15, -0.1) is 11.6 Å². The molecule has 1 unspecified atom stereocenters. The molecular weight excluding hydrogens is 531 g/mol. The number of fused-ring (bicyclic) bond motifs is 3. The van der Waals surface area contributed by atoms with E-state index in [4.69, 9.17) is 44.3 Å². The molecule has 1 aliphatic rings. The average Bonchev–Trinajstić information content (AvgIpc) is 3.27. The molecule has 2 aromatic carbocycles. The summed E-state index contributed by atoms with van der Waals surface area (Å²) in [7, 11) is 0. The Morgan fingerprint density at radius 1 is 1.24 bits per heavy atom. The Balaban J connectivity index is 1.67. The zero-order valence-corrected chi connectivity index (χ0v) is 22.9. The smallest absolute Gasteiger partial charge is 0.410 e. The highest BCUT2D eigenvalue weighted by Crippen LogP contribution is 2.40. The monoisotopic (exact) mass is 558 g/mol. The molecule has 1 atom stereocenters. The number of ether oxygens (including phenoxy) is 2. The minimum absolute atomic E-state index is 0.0250. The highest BCUT2D eigenvalue weighted by molar-refractivity contribution is 6.32. The number of hydrogen-bond donors (Lipinski definition) is 1. The van der Waals surface area contributed by atoms with Crippen molar-refractivity contribution in [2.75, 3.05) is 25.6 Å². The summed E-state index contributed by atoms with van der Waals surface area (Å²) in [5.41, 5.74) is 4.65. The Morgan fingerprint density at radius 2 is 2.03 bits per heavy atom. The van der Waals surface area contributed by atoms with E-state index in [0.717, 1.165) is 39.9 Å². The topological polar surface area (TPSA) is 54.6 Å². The SMILES string of the molecule is C=C/C(COC(=O)N1CCc2c([nH]c3ccc(Cl)cc23)C1c1ccc(OCCCCl)cc1)=C(Cl)\C=C/C. The molecule has 1 N–H and O–H groups in total. The van der Waals surface area contributed by atoms with Gasteiger partial charge in [0, 0.05) is 44.6 Å². The summed E-state index contributed by atoms with van der Waals surface area (Å²) in [4.78, 5) is 18.7. The molecule has 4 rings (SSSR count). The van der Waals surface area contributed by atoms with Gasteiger partial charge in [-0.2, -0.15) is 0 Å². The third kappa shape index (κ3) is 6.18. The molecule has 0 bridgehead atoms. The molecule has 0 saturated carbocycles. The first-order valence-corrected chi connectivity index (χ1v) is 13.4. The molecule has 1 amide bonds. The summed E-state index contributed by atoms with van der Waals surface area (Å²) in [5.74, 6) is 1.30. The van der Waals surface area contributed by atoms with E-state index in [1.165, 1.54) is 0 Å². The van der Waals surface area contributed by atoms with Crippen LogP contribution in [0.5, 0.6) is 5.75 Å². The molecule has 0 radical (unpaired) electrons. The van der Waals surface area contributed by atoms with E-state index in [1.807, 2.05) is 55.5 Å². The molecule has 0 saturated heterocycles. The van der Waals surface area contributed by atoms with Crippen LogP contribution in [0.1, 0.15) is 36.2 Å². The Bertz CT molecular complexity index is 1330. The van der Waals surface area contributed by atoms with Gasteiger partial charge in [0.25, 0.3) is 0 Å². The minimum Gasteiger partial charge on any atom is -0.494 e. The summed E-state index contributed by atoms with van der Waals surface area (Å²) < 4.78 is 11.5. The van der Waals surface area contributed by atoms with Gasteiger partial charge >= 0.3 is 6.09 Å². The number of aromatic nitrogens is 1. The fourth-order valence-electron chi connectivity index (χ4n) is 4.50. The number of nitrogens with zero attached hydrogens (tertiary/aromatic N) is 1. The Labute approximate surface area is 232 Å². The molecule has 2 heterocycles. The molecule has 1 aromatic heterocycles. The van der Waals surface area contributed by atoms with Gasteiger partial charge in [0.1, 0.15) is 18.4 Å². The van der Waals surface area contributed by atoms with Crippen LogP contribution in [0.25, 0.3) is 10.9 Å². The maximum Gasteiger partial charge on any atom is 0.410 e. The van der Waals surface area contributed by atoms with Gasteiger partial charge in [-0.3, -0.25) is 4.90 Å². The Morgan fingerprint density at radius 3 is 2.73 bits per heavy atom. The number of amides is 1. The van der Waals surface area contributed by atoms with E-state index < -0.39 is 6.09 Å². The molecule has 0 aliphatic carbocycles. The van der Waals surface area contributed by atoms with E-state index in [2.05, 4.69) is 11.6 Å². The molecule has 8 heteroatoms. The van der Waals surface area contributed by atoms with Crippen LogP contribution in [0.2, 0.25) is 5.02 Å². The predicted octanol–water partition coefficient (Wildman–Crippen LogP) is 8.17. The molecule has 194 valence electrons. The van der Waals surface area contributed by atoms with Gasteiger partial charge in [0.2, 0.25) is 0 Å². The summed E-state index contributed by atoms with van der Waals surface area (Å²) >= 11 is 18.4. The number of aromatic amines is 1. The Hall–Kier alpha value is -2.86. The van der Waals surface area contributed by atoms with Crippen molar-refractivity contribution in [2.45, 2.75) is 25.8 Å². The normalized spacial score (nSPS) is 16.0. The first-order chi connectivity index (χ1) is 18.0. The van der Waals surface area contributed by atoms with Gasteiger partial charge < -0.3 is 14.5 Å². The second kappa shape index (κ2) is 12.6. The second-order valence-corrected chi connectivity index (χ2v) is 9.87. The van der Waals surface area contributed by atoms with Gasteiger partial charge in [-0.05, 0) is 67.3 Å². The van der Waals surface area contributed by atoms with Crippen molar-refractivity contribution in [3.8, 4) is 5.75 Å². The highest BCUT2D eigenvalue weighted by atomic mass is 35.5. The quantitative estimate of drug-likeness (QED) is 0.163. The lowest BCUT2D eigenvalue weighted by Gasteiger charge is -2.35. The molecule has 0 spiro atoms. The van der Waals surface area contributed by atoms with Crippen LogP contribution in [0.15, 0.2) is 77.9 Å². The lowest BCUT2D eigenvalue weighted by Crippen LogP contribution is -2.41. The standard InChI is InChI=1S/C29H29Cl3N2O3/c1-3-6-25(32)19(4-2)18-37-29(35)34-15-13-23-24-17-21(31)9-12-26(24)33-27(23)28(34)20-7-10-22(11-8-20)36-16-5-14-30/h3-4,6-12,17,28,33H,2,5,13-16,18H2,1H3/b6-3-,25-19-. The van der Waals surface area contributed by atoms with Crippen molar-refractivity contribution >= 4 is 51.8 Å². The first kappa shape index (κ1) is 27.2. The number of carbonyl (C=O) groups excluding carboxylic acids is 1. The van der Waals surface area contributed by atoms with Gasteiger partial charge in [-0.25, -0.2) is 4.79 Å². The highest BCUT2D eigenvalue weighted by Gasteiger charge is 2.35. The van der Waals surface area contributed by atoms with E-state index >= 15 is 0 Å². The lowest BCUT2D eigenvalue weighted by molar-refractivity contribution is 0.0965. The zero-order chi connectivity index (χ0) is 26.4. The van der Waals surface area contributed by atoms with E-state index in [-0.39, 0.29) is 12.6 Å². The molecule has 0 fully saturated rings. The summed E-state index contributed by atoms with van der Waals surface area (Å²) in [6.45, 7) is 6.72. The number of nitrogens with one attached hydrogen (secondary N) is 1. The number of carbonyl (C=O) groups is 1. The Kier molecular flexibility index (Phi) is 9.25. The third-order valence-corrected chi connectivity index (χ3v) is 7.15. The molecule has 5 nitrogen and oxygen atoms in total. The maximum atomic E-state index is 13.4. The maximum absolute atomic E-state index is 13.4. The van der Waals surface area contributed by atoms with Gasteiger partial charge in [-0.1, -0.05) is 54.1 Å². The first-order valence-electron chi connectivity index (χ1n) is 12.1.